The number of benzene rings is 1. The van der Waals surface area contributed by atoms with Gasteiger partial charge in [0.25, 0.3) is 0 Å². The number of rotatable bonds is 6. The quantitative estimate of drug-likeness (QED) is 0.787. The van der Waals surface area contributed by atoms with Gasteiger partial charge in [-0.25, -0.2) is 0 Å². The van der Waals surface area contributed by atoms with E-state index >= 15 is 0 Å². The highest BCUT2D eigenvalue weighted by atomic mass is 16.5. The normalized spacial score (nSPS) is 25.3. The van der Waals surface area contributed by atoms with E-state index < -0.39 is 0 Å². The number of hydrogen-bond donors (Lipinski definition) is 0. The first-order valence-electron chi connectivity index (χ1n) is 9.85. The molecule has 4 fully saturated rings. The highest BCUT2D eigenvalue weighted by molar-refractivity contribution is 5.83. The molecule has 1 aromatic carbocycles. The van der Waals surface area contributed by atoms with Gasteiger partial charge in [0.15, 0.2) is 0 Å². The Hall–Kier alpha value is -2.04. The van der Waals surface area contributed by atoms with E-state index in [0.717, 1.165) is 43.7 Å². The summed E-state index contributed by atoms with van der Waals surface area (Å²) in [6, 6.07) is 8.12. The van der Waals surface area contributed by atoms with Crippen molar-refractivity contribution >= 4 is 11.8 Å². The number of carbonyl (C=O) groups excluding carboxylic acids is 2. The van der Waals surface area contributed by atoms with Crippen LogP contribution >= 0.6 is 0 Å². The van der Waals surface area contributed by atoms with Gasteiger partial charge >= 0.3 is 0 Å². The summed E-state index contributed by atoms with van der Waals surface area (Å²) in [7, 11) is 1.65. The zero-order valence-electron chi connectivity index (χ0n) is 15.5. The molecule has 1 aromatic rings. The molecule has 2 amide bonds. The average molecular weight is 356 g/mol. The molecule has 5 rings (SSSR count). The van der Waals surface area contributed by atoms with Crippen molar-refractivity contribution < 1.29 is 14.3 Å². The van der Waals surface area contributed by atoms with E-state index in [-0.39, 0.29) is 17.9 Å². The van der Waals surface area contributed by atoms with Crippen molar-refractivity contribution in [3.05, 3.63) is 29.8 Å². The maximum absolute atomic E-state index is 12.8. The second-order valence-electron chi connectivity index (χ2n) is 8.01. The molecule has 26 heavy (non-hydrogen) atoms. The number of aryl methyl sites for hydroxylation is 1. The van der Waals surface area contributed by atoms with E-state index in [4.69, 9.17) is 4.74 Å². The van der Waals surface area contributed by atoms with Crippen molar-refractivity contribution in [3.8, 4) is 5.75 Å². The molecular formula is C21H28N2O3. The van der Waals surface area contributed by atoms with E-state index in [0.29, 0.717) is 24.8 Å². The Morgan fingerprint density at radius 2 is 1.88 bits per heavy atom. The lowest BCUT2D eigenvalue weighted by Gasteiger charge is -2.36. The predicted octanol–water partition coefficient (Wildman–Crippen LogP) is 2.49. The summed E-state index contributed by atoms with van der Waals surface area (Å²) in [5.74, 6) is 2.02. The number of hydrogen-bond acceptors (Lipinski definition) is 3. The molecule has 5 nitrogen and oxygen atoms in total. The molecule has 2 atom stereocenters. The summed E-state index contributed by atoms with van der Waals surface area (Å²) in [6.07, 6.45) is 5.73. The smallest absolute Gasteiger partial charge is 0.227 e. The van der Waals surface area contributed by atoms with Crippen molar-refractivity contribution in [3.63, 3.8) is 0 Å². The van der Waals surface area contributed by atoms with E-state index in [1.54, 1.807) is 7.11 Å². The van der Waals surface area contributed by atoms with Gasteiger partial charge in [-0.3, -0.25) is 9.59 Å². The van der Waals surface area contributed by atoms with E-state index in [9.17, 15) is 9.59 Å². The maximum Gasteiger partial charge on any atom is 0.227 e. The minimum Gasteiger partial charge on any atom is -0.497 e. The largest absolute Gasteiger partial charge is 0.497 e. The lowest BCUT2D eigenvalue weighted by molar-refractivity contribution is -0.140. The van der Waals surface area contributed by atoms with Crippen molar-refractivity contribution in [2.75, 3.05) is 26.7 Å². The van der Waals surface area contributed by atoms with Gasteiger partial charge in [-0.15, -0.1) is 0 Å². The molecule has 0 N–H and O–H groups in total. The van der Waals surface area contributed by atoms with E-state index in [1.807, 2.05) is 29.2 Å². The summed E-state index contributed by atoms with van der Waals surface area (Å²) < 4.78 is 5.17. The van der Waals surface area contributed by atoms with Gasteiger partial charge in [-0.05, 0) is 55.7 Å². The molecule has 1 aliphatic carbocycles. The Bertz CT molecular complexity index is 668. The summed E-state index contributed by atoms with van der Waals surface area (Å²) in [5, 5.41) is 0. The highest BCUT2D eigenvalue weighted by Gasteiger charge is 2.43. The SMILES string of the molecule is COc1ccc(CCC(=O)N2C[C@H]3CC[C@@H](C2)N(CC2CC2)C3=O)cc1. The fourth-order valence-electron chi connectivity index (χ4n) is 4.26. The third-order valence-electron chi connectivity index (χ3n) is 6.08. The summed E-state index contributed by atoms with van der Waals surface area (Å²) >= 11 is 0. The molecule has 3 heterocycles. The van der Waals surface area contributed by atoms with E-state index in [2.05, 4.69) is 4.90 Å². The van der Waals surface area contributed by atoms with Crippen LogP contribution in [0.2, 0.25) is 0 Å². The summed E-state index contributed by atoms with van der Waals surface area (Å²) in [5.41, 5.74) is 1.14. The van der Waals surface area contributed by atoms with Crippen LogP contribution in [0.5, 0.6) is 5.75 Å². The van der Waals surface area contributed by atoms with Gasteiger partial charge in [0.1, 0.15) is 5.75 Å². The number of fused-ring (bicyclic) bond motifs is 4. The fraction of sp³-hybridized carbons (Fsp3) is 0.619. The Morgan fingerprint density at radius 3 is 2.58 bits per heavy atom. The molecule has 0 radical (unpaired) electrons. The monoisotopic (exact) mass is 356 g/mol. The second kappa shape index (κ2) is 7.29. The number of piperidine rings is 1. The van der Waals surface area contributed by atoms with Crippen molar-refractivity contribution in [2.24, 2.45) is 11.8 Å². The molecule has 4 aliphatic rings. The fourth-order valence-corrected chi connectivity index (χ4v) is 4.26. The molecule has 3 saturated heterocycles. The summed E-state index contributed by atoms with van der Waals surface area (Å²) in [6.45, 7) is 2.24. The lowest BCUT2D eigenvalue weighted by atomic mass is 9.94. The molecule has 140 valence electrons. The minimum atomic E-state index is 0.0115. The van der Waals surface area contributed by atoms with Gasteiger partial charge in [0.2, 0.25) is 11.8 Å². The van der Waals surface area contributed by atoms with Crippen LogP contribution in [-0.2, 0) is 16.0 Å². The molecule has 3 aliphatic heterocycles. The van der Waals surface area contributed by atoms with Gasteiger partial charge < -0.3 is 14.5 Å². The van der Waals surface area contributed by atoms with Gasteiger partial charge in [-0.1, -0.05) is 12.1 Å². The topological polar surface area (TPSA) is 49.9 Å². The highest BCUT2D eigenvalue weighted by Crippen LogP contribution is 2.35. The van der Waals surface area contributed by atoms with Crippen LogP contribution in [-0.4, -0.2) is 54.4 Å². The minimum absolute atomic E-state index is 0.0115. The molecule has 0 spiro atoms. The standard InChI is InChI=1S/C21H28N2O3/c1-26-19-9-4-15(5-10-19)6-11-20(24)22-13-17-7-8-18(14-22)23(21(17)25)12-16-2-3-16/h4-5,9-10,16-18H,2-3,6-8,11-14H2,1H3/t17-,18+/m1/s1. The van der Waals surface area contributed by atoms with Crippen LogP contribution in [0.15, 0.2) is 24.3 Å². The van der Waals surface area contributed by atoms with Crippen molar-refractivity contribution in [2.45, 2.75) is 44.6 Å². The first-order valence-corrected chi connectivity index (χ1v) is 9.85. The predicted molar refractivity (Wildman–Crippen MR) is 98.8 cm³/mol. The third kappa shape index (κ3) is 3.71. The number of amides is 2. The molecule has 1 saturated carbocycles. The zero-order chi connectivity index (χ0) is 18.1. The first kappa shape index (κ1) is 17.4. The van der Waals surface area contributed by atoms with Crippen LogP contribution in [0.25, 0.3) is 0 Å². The Labute approximate surface area is 155 Å². The second-order valence-corrected chi connectivity index (χ2v) is 8.01. The number of methoxy groups -OCH3 is 1. The Morgan fingerprint density at radius 1 is 1.12 bits per heavy atom. The Balaban J connectivity index is 1.36. The first-order chi connectivity index (χ1) is 12.6. The average Bonchev–Trinajstić information content (AvgIpc) is 3.50. The molecule has 2 bridgehead atoms. The molecule has 0 unspecified atom stereocenters. The summed E-state index contributed by atoms with van der Waals surface area (Å²) in [4.78, 5) is 29.6. The third-order valence-corrected chi connectivity index (χ3v) is 6.08. The van der Waals surface area contributed by atoms with Crippen molar-refractivity contribution in [1.82, 2.24) is 9.80 Å². The number of ether oxygens (including phenoxy) is 1. The van der Waals surface area contributed by atoms with Crippen LogP contribution in [0.1, 0.15) is 37.7 Å². The molecular weight excluding hydrogens is 328 g/mol. The van der Waals surface area contributed by atoms with Crippen LogP contribution < -0.4 is 4.74 Å². The number of nitrogens with zero attached hydrogens (tertiary/aromatic N) is 2. The Kier molecular flexibility index (Phi) is 4.88. The van der Waals surface area contributed by atoms with Gasteiger partial charge in [-0.2, -0.15) is 0 Å². The van der Waals surface area contributed by atoms with Crippen LogP contribution in [0.3, 0.4) is 0 Å². The van der Waals surface area contributed by atoms with E-state index in [1.165, 1.54) is 12.8 Å². The lowest BCUT2D eigenvalue weighted by Crippen LogP contribution is -2.48. The number of carbonyl (C=O) groups is 2. The zero-order valence-corrected chi connectivity index (χ0v) is 15.5. The van der Waals surface area contributed by atoms with Crippen LogP contribution in [0, 0.1) is 11.8 Å². The van der Waals surface area contributed by atoms with Crippen molar-refractivity contribution in [1.29, 1.82) is 0 Å². The van der Waals surface area contributed by atoms with Gasteiger partial charge in [0, 0.05) is 32.1 Å². The van der Waals surface area contributed by atoms with Crippen LogP contribution in [0.4, 0.5) is 0 Å². The maximum atomic E-state index is 12.8. The molecule has 5 heteroatoms. The molecule has 0 aromatic heterocycles. The van der Waals surface area contributed by atoms with Gasteiger partial charge in [0.05, 0.1) is 13.0 Å².